The number of aryl methyl sites for hydroxylation is 1. The highest BCUT2D eigenvalue weighted by molar-refractivity contribution is 7.10. The highest BCUT2D eigenvalue weighted by Gasteiger charge is 2.15. The molecule has 0 spiro atoms. The van der Waals surface area contributed by atoms with Gasteiger partial charge in [0.2, 0.25) is 0 Å². The van der Waals surface area contributed by atoms with Crippen molar-refractivity contribution in [3.05, 3.63) is 21.9 Å². The predicted octanol–water partition coefficient (Wildman–Crippen LogP) is 2.24. The first-order valence-corrected chi connectivity index (χ1v) is 6.21. The van der Waals surface area contributed by atoms with Crippen molar-refractivity contribution in [2.75, 3.05) is 6.61 Å². The van der Waals surface area contributed by atoms with E-state index < -0.39 is 0 Å². The lowest BCUT2D eigenvalue weighted by molar-refractivity contribution is 0.0616. The molecule has 1 rings (SSSR count). The molecular weight excluding hydrogens is 208 g/mol. The highest BCUT2D eigenvalue weighted by Crippen LogP contribution is 2.25. The van der Waals surface area contributed by atoms with Crippen LogP contribution in [0, 0.1) is 0 Å². The number of nitrogens with one attached hydrogen (secondary N) is 1. The Morgan fingerprint density at radius 2 is 2.27 bits per heavy atom. The molecule has 86 valence electrons. The summed E-state index contributed by atoms with van der Waals surface area (Å²) in [6, 6.07) is 2.27. The second-order valence-corrected chi connectivity index (χ2v) is 4.71. The van der Waals surface area contributed by atoms with E-state index in [-0.39, 0.29) is 12.1 Å². The Morgan fingerprint density at radius 1 is 1.53 bits per heavy atom. The first-order chi connectivity index (χ1) is 7.19. The summed E-state index contributed by atoms with van der Waals surface area (Å²) in [7, 11) is 0. The standard InChI is InChI=1S/C11H20N2OS/c1-4-9-5-6-15-11(9)10(13-12)7-14-8(2)3/h5-6,8,10,13H,4,7,12H2,1-3H3. The number of hydrogen-bond donors (Lipinski definition) is 2. The SMILES string of the molecule is CCc1ccsc1C(COC(C)C)NN. The molecule has 0 radical (unpaired) electrons. The van der Waals surface area contributed by atoms with E-state index in [1.54, 1.807) is 11.3 Å². The van der Waals surface area contributed by atoms with E-state index in [0.29, 0.717) is 6.61 Å². The number of thiophene rings is 1. The van der Waals surface area contributed by atoms with Crippen molar-refractivity contribution >= 4 is 11.3 Å². The Hall–Kier alpha value is -0.420. The van der Waals surface area contributed by atoms with Crippen LogP contribution in [-0.2, 0) is 11.2 Å². The zero-order chi connectivity index (χ0) is 11.3. The fraction of sp³-hybridized carbons (Fsp3) is 0.636. The minimum absolute atomic E-state index is 0.113. The third kappa shape index (κ3) is 3.57. The molecule has 15 heavy (non-hydrogen) atoms. The average Bonchev–Trinajstić information content (AvgIpc) is 2.66. The second-order valence-electron chi connectivity index (χ2n) is 3.76. The minimum Gasteiger partial charge on any atom is -0.377 e. The van der Waals surface area contributed by atoms with E-state index in [2.05, 4.69) is 23.8 Å². The van der Waals surface area contributed by atoms with Gasteiger partial charge in [0.05, 0.1) is 18.8 Å². The van der Waals surface area contributed by atoms with Gasteiger partial charge < -0.3 is 4.74 Å². The summed E-state index contributed by atoms with van der Waals surface area (Å²) in [5, 5.41) is 2.11. The third-order valence-corrected chi connectivity index (χ3v) is 3.35. The molecule has 0 saturated heterocycles. The van der Waals surface area contributed by atoms with Crippen LogP contribution in [0.15, 0.2) is 11.4 Å². The average molecular weight is 228 g/mol. The quantitative estimate of drug-likeness (QED) is 0.580. The monoisotopic (exact) mass is 228 g/mol. The first kappa shape index (κ1) is 12.6. The second kappa shape index (κ2) is 6.23. The van der Waals surface area contributed by atoms with Crippen LogP contribution < -0.4 is 11.3 Å². The fourth-order valence-corrected chi connectivity index (χ4v) is 2.48. The van der Waals surface area contributed by atoms with Gasteiger partial charge in [-0.05, 0) is 37.3 Å². The maximum Gasteiger partial charge on any atom is 0.0789 e. The lowest BCUT2D eigenvalue weighted by atomic mass is 10.1. The van der Waals surface area contributed by atoms with Crippen LogP contribution in [0.5, 0.6) is 0 Å². The lowest BCUT2D eigenvalue weighted by Crippen LogP contribution is -2.32. The summed E-state index contributed by atoms with van der Waals surface area (Å²) < 4.78 is 5.58. The van der Waals surface area contributed by atoms with E-state index in [4.69, 9.17) is 10.6 Å². The van der Waals surface area contributed by atoms with E-state index >= 15 is 0 Å². The Kier molecular flexibility index (Phi) is 5.25. The Morgan fingerprint density at radius 3 is 2.80 bits per heavy atom. The number of nitrogens with two attached hydrogens (primary N) is 1. The van der Waals surface area contributed by atoms with Crippen molar-refractivity contribution in [2.45, 2.75) is 39.3 Å². The van der Waals surface area contributed by atoms with Crippen molar-refractivity contribution in [1.29, 1.82) is 0 Å². The van der Waals surface area contributed by atoms with Crippen LogP contribution in [0.1, 0.15) is 37.3 Å². The number of hydrogen-bond acceptors (Lipinski definition) is 4. The Bertz CT molecular complexity index is 286. The van der Waals surface area contributed by atoms with Gasteiger partial charge in [-0.25, -0.2) is 5.43 Å². The number of hydrazine groups is 1. The van der Waals surface area contributed by atoms with Gasteiger partial charge in [0, 0.05) is 4.88 Å². The topological polar surface area (TPSA) is 47.3 Å². The molecule has 0 aliphatic rings. The van der Waals surface area contributed by atoms with Crippen molar-refractivity contribution in [2.24, 2.45) is 5.84 Å². The fourth-order valence-electron chi connectivity index (χ4n) is 1.43. The molecular formula is C11H20N2OS. The molecule has 0 amide bonds. The van der Waals surface area contributed by atoms with Crippen molar-refractivity contribution in [3.8, 4) is 0 Å². The molecule has 0 saturated carbocycles. The molecule has 0 aliphatic carbocycles. The van der Waals surface area contributed by atoms with E-state index in [1.165, 1.54) is 10.4 Å². The normalized spacial score (nSPS) is 13.4. The molecule has 1 aromatic rings. The maximum absolute atomic E-state index is 5.58. The predicted molar refractivity (Wildman–Crippen MR) is 64.8 cm³/mol. The Balaban J connectivity index is 2.65. The van der Waals surface area contributed by atoms with Crippen LogP contribution in [0.4, 0.5) is 0 Å². The van der Waals surface area contributed by atoms with Crippen LogP contribution in [0.25, 0.3) is 0 Å². The van der Waals surface area contributed by atoms with Gasteiger partial charge >= 0.3 is 0 Å². The van der Waals surface area contributed by atoms with Gasteiger partial charge in [-0.1, -0.05) is 6.92 Å². The minimum atomic E-state index is 0.113. The summed E-state index contributed by atoms with van der Waals surface area (Å²) in [6.45, 7) is 6.84. The van der Waals surface area contributed by atoms with Crippen molar-refractivity contribution < 1.29 is 4.74 Å². The molecule has 3 N–H and O–H groups in total. The molecule has 1 heterocycles. The largest absolute Gasteiger partial charge is 0.377 e. The highest BCUT2D eigenvalue weighted by atomic mass is 32.1. The molecule has 0 aromatic carbocycles. The Labute approximate surface area is 95.6 Å². The zero-order valence-corrected chi connectivity index (χ0v) is 10.4. The summed E-state index contributed by atoms with van der Waals surface area (Å²) in [4.78, 5) is 1.29. The molecule has 1 unspecified atom stereocenters. The van der Waals surface area contributed by atoms with Crippen LogP contribution in [0.3, 0.4) is 0 Å². The third-order valence-electron chi connectivity index (χ3n) is 2.28. The summed E-state index contributed by atoms with van der Waals surface area (Å²) in [5.41, 5.74) is 4.18. The van der Waals surface area contributed by atoms with Gasteiger partial charge in [-0.2, -0.15) is 0 Å². The van der Waals surface area contributed by atoms with Crippen LogP contribution >= 0.6 is 11.3 Å². The zero-order valence-electron chi connectivity index (χ0n) is 9.62. The summed E-state index contributed by atoms with van der Waals surface area (Å²) in [6.07, 6.45) is 1.28. The molecule has 0 aliphatic heterocycles. The number of ether oxygens (including phenoxy) is 1. The van der Waals surface area contributed by atoms with Crippen molar-refractivity contribution in [1.82, 2.24) is 5.43 Å². The lowest BCUT2D eigenvalue weighted by Gasteiger charge is -2.18. The van der Waals surface area contributed by atoms with Crippen LogP contribution in [-0.4, -0.2) is 12.7 Å². The summed E-state index contributed by atoms with van der Waals surface area (Å²) >= 11 is 1.74. The van der Waals surface area contributed by atoms with Gasteiger partial charge in [0.1, 0.15) is 0 Å². The smallest absolute Gasteiger partial charge is 0.0789 e. The van der Waals surface area contributed by atoms with Crippen molar-refractivity contribution in [3.63, 3.8) is 0 Å². The van der Waals surface area contributed by atoms with E-state index in [0.717, 1.165) is 6.42 Å². The summed E-state index contributed by atoms with van der Waals surface area (Å²) in [5.74, 6) is 5.55. The first-order valence-electron chi connectivity index (χ1n) is 5.33. The molecule has 4 heteroatoms. The van der Waals surface area contributed by atoms with Gasteiger partial charge in [-0.15, -0.1) is 11.3 Å². The number of rotatable bonds is 6. The van der Waals surface area contributed by atoms with Gasteiger partial charge in [0.25, 0.3) is 0 Å². The van der Waals surface area contributed by atoms with Gasteiger partial charge in [0.15, 0.2) is 0 Å². The molecule has 1 aromatic heterocycles. The van der Waals surface area contributed by atoms with E-state index in [9.17, 15) is 0 Å². The maximum atomic E-state index is 5.58. The van der Waals surface area contributed by atoms with Gasteiger partial charge in [-0.3, -0.25) is 5.84 Å². The van der Waals surface area contributed by atoms with Crippen LogP contribution in [0.2, 0.25) is 0 Å². The molecule has 0 bridgehead atoms. The molecule has 0 fully saturated rings. The van der Waals surface area contributed by atoms with E-state index in [1.807, 2.05) is 13.8 Å². The molecule has 1 atom stereocenters. The molecule has 3 nitrogen and oxygen atoms in total.